The smallest absolute Gasteiger partial charge is 0.314 e. The summed E-state index contributed by atoms with van der Waals surface area (Å²) in [4.78, 5) is 11.0. The molecule has 1 fully saturated rings. The maximum absolute atomic E-state index is 13.1. The molecule has 2 rings (SSSR count). The summed E-state index contributed by atoms with van der Waals surface area (Å²) < 4.78 is 13.1. The van der Waals surface area contributed by atoms with Crippen LogP contribution in [0.2, 0.25) is 0 Å². The third-order valence-corrected chi connectivity index (χ3v) is 2.94. The van der Waals surface area contributed by atoms with Crippen LogP contribution >= 0.6 is 0 Å². The molecule has 0 unspecified atom stereocenters. The zero-order valence-electron chi connectivity index (χ0n) is 8.25. The van der Waals surface area contributed by atoms with Crippen LogP contribution in [-0.2, 0) is 10.2 Å². The van der Waals surface area contributed by atoms with Gasteiger partial charge >= 0.3 is 5.97 Å². The number of rotatable bonds is 2. The summed E-state index contributed by atoms with van der Waals surface area (Å²) in [5.41, 5.74) is -0.484. The maximum Gasteiger partial charge on any atom is 0.314 e. The Labute approximate surface area is 86.2 Å². The molecule has 1 aromatic rings. The normalized spacial score (nSPS) is 17.5. The van der Waals surface area contributed by atoms with Crippen molar-refractivity contribution in [1.29, 1.82) is 0 Å². The van der Waals surface area contributed by atoms with Crippen LogP contribution < -0.4 is 0 Å². The lowest BCUT2D eigenvalue weighted by Gasteiger charge is -2.13. The Balaban J connectivity index is 2.58. The molecule has 0 aliphatic heterocycles. The summed E-state index contributed by atoms with van der Waals surface area (Å²) >= 11 is 0. The van der Waals surface area contributed by atoms with Crippen LogP contribution in [0, 0.1) is 12.7 Å². The molecule has 2 N–H and O–H groups in total. The van der Waals surface area contributed by atoms with Crippen molar-refractivity contribution in [2.45, 2.75) is 25.2 Å². The Morgan fingerprint density at radius 1 is 1.47 bits per heavy atom. The van der Waals surface area contributed by atoms with Gasteiger partial charge in [0.25, 0.3) is 0 Å². The molecule has 1 aliphatic rings. The summed E-state index contributed by atoms with van der Waals surface area (Å²) in [6.45, 7) is 1.56. The molecule has 0 saturated heterocycles. The number of hydrogen-bond acceptors (Lipinski definition) is 2. The highest BCUT2D eigenvalue weighted by Crippen LogP contribution is 2.52. The van der Waals surface area contributed by atoms with Gasteiger partial charge in [-0.2, -0.15) is 0 Å². The summed E-state index contributed by atoms with van der Waals surface area (Å²) in [6.07, 6.45) is 0.914. The first kappa shape index (κ1) is 9.96. The lowest BCUT2D eigenvalue weighted by atomic mass is 9.93. The third kappa shape index (κ3) is 1.37. The highest BCUT2D eigenvalue weighted by atomic mass is 19.1. The second-order valence-corrected chi connectivity index (χ2v) is 4.01. The Hall–Kier alpha value is -1.58. The van der Waals surface area contributed by atoms with Gasteiger partial charge in [0.2, 0.25) is 0 Å². The highest BCUT2D eigenvalue weighted by molar-refractivity contribution is 5.86. The van der Waals surface area contributed by atoms with E-state index in [-0.39, 0.29) is 11.3 Å². The van der Waals surface area contributed by atoms with Crippen molar-refractivity contribution in [3.8, 4) is 5.75 Å². The summed E-state index contributed by atoms with van der Waals surface area (Å²) in [6, 6.07) is 2.31. The van der Waals surface area contributed by atoms with Gasteiger partial charge < -0.3 is 10.2 Å². The fourth-order valence-corrected chi connectivity index (χ4v) is 1.82. The molecule has 1 saturated carbocycles. The van der Waals surface area contributed by atoms with Crippen molar-refractivity contribution >= 4 is 5.97 Å². The number of benzene rings is 1. The number of aliphatic carboxylic acids is 1. The number of aryl methyl sites for hydroxylation is 1. The van der Waals surface area contributed by atoms with Crippen LogP contribution in [0.3, 0.4) is 0 Å². The third-order valence-electron chi connectivity index (χ3n) is 2.94. The van der Waals surface area contributed by atoms with Crippen LogP contribution in [0.1, 0.15) is 24.0 Å². The van der Waals surface area contributed by atoms with Gasteiger partial charge in [-0.05, 0) is 37.5 Å². The summed E-state index contributed by atoms with van der Waals surface area (Å²) in [5.74, 6) is -1.60. The molecule has 0 aromatic heterocycles. The first-order chi connectivity index (χ1) is 6.97. The number of halogens is 1. The van der Waals surface area contributed by atoms with E-state index in [0.717, 1.165) is 6.07 Å². The van der Waals surface area contributed by atoms with Crippen molar-refractivity contribution < 1.29 is 19.4 Å². The molecule has 1 aliphatic carbocycles. The molecule has 0 amide bonds. The van der Waals surface area contributed by atoms with Gasteiger partial charge in [0, 0.05) is 5.56 Å². The molecule has 1 aromatic carbocycles. The Morgan fingerprint density at radius 3 is 2.53 bits per heavy atom. The fraction of sp³-hybridized carbons (Fsp3) is 0.364. The van der Waals surface area contributed by atoms with E-state index < -0.39 is 17.2 Å². The van der Waals surface area contributed by atoms with E-state index in [1.54, 1.807) is 6.92 Å². The number of phenols is 1. The van der Waals surface area contributed by atoms with E-state index in [1.807, 2.05) is 0 Å². The van der Waals surface area contributed by atoms with Crippen molar-refractivity contribution in [1.82, 2.24) is 0 Å². The Morgan fingerprint density at radius 2 is 2.07 bits per heavy atom. The van der Waals surface area contributed by atoms with Crippen molar-refractivity contribution in [2.24, 2.45) is 0 Å². The van der Waals surface area contributed by atoms with E-state index in [4.69, 9.17) is 5.11 Å². The molecule has 80 valence electrons. The van der Waals surface area contributed by atoms with Gasteiger partial charge in [-0.15, -0.1) is 0 Å². The molecule has 0 radical (unpaired) electrons. The Kier molecular flexibility index (Phi) is 1.96. The Bertz CT molecular complexity index is 436. The minimum atomic E-state index is -1.06. The average molecular weight is 210 g/mol. The van der Waals surface area contributed by atoms with Crippen LogP contribution in [-0.4, -0.2) is 16.2 Å². The second kappa shape index (κ2) is 2.95. The summed E-state index contributed by atoms with van der Waals surface area (Å²) in [5, 5.41) is 18.7. The van der Waals surface area contributed by atoms with Crippen molar-refractivity contribution in [2.75, 3.05) is 0 Å². The van der Waals surface area contributed by atoms with Crippen LogP contribution in [0.25, 0.3) is 0 Å². The molecule has 0 bridgehead atoms. The predicted octanol–water partition coefficient (Wildman–Crippen LogP) is 1.96. The minimum Gasteiger partial charge on any atom is -0.507 e. The standard InChI is InChI=1S/C11H11FO3/c1-6-4-7(12)5-8(9(6)13)11(2-3-11)10(14)15/h4-5,13H,2-3H2,1H3,(H,14,15). The maximum atomic E-state index is 13.1. The van der Waals surface area contributed by atoms with Gasteiger partial charge in [-0.3, -0.25) is 4.79 Å². The van der Waals surface area contributed by atoms with E-state index in [9.17, 15) is 14.3 Å². The molecule has 0 heterocycles. The van der Waals surface area contributed by atoms with E-state index in [1.165, 1.54) is 6.07 Å². The van der Waals surface area contributed by atoms with Gasteiger partial charge in [-0.1, -0.05) is 0 Å². The zero-order chi connectivity index (χ0) is 11.2. The van der Waals surface area contributed by atoms with Crippen LogP contribution in [0.5, 0.6) is 5.75 Å². The molecular formula is C11H11FO3. The molecule has 0 atom stereocenters. The first-order valence-electron chi connectivity index (χ1n) is 4.70. The van der Waals surface area contributed by atoms with Crippen LogP contribution in [0.15, 0.2) is 12.1 Å². The van der Waals surface area contributed by atoms with Crippen molar-refractivity contribution in [3.63, 3.8) is 0 Å². The highest BCUT2D eigenvalue weighted by Gasteiger charge is 2.53. The molecule has 4 heteroatoms. The number of aromatic hydroxyl groups is 1. The van der Waals surface area contributed by atoms with E-state index >= 15 is 0 Å². The number of carboxylic acid groups (broad SMARTS) is 1. The van der Waals surface area contributed by atoms with Gasteiger partial charge in [0.05, 0.1) is 5.41 Å². The zero-order valence-corrected chi connectivity index (χ0v) is 8.25. The molecule has 15 heavy (non-hydrogen) atoms. The van der Waals surface area contributed by atoms with Gasteiger partial charge in [0.15, 0.2) is 0 Å². The van der Waals surface area contributed by atoms with E-state index in [0.29, 0.717) is 18.4 Å². The lowest BCUT2D eigenvalue weighted by Crippen LogP contribution is -2.20. The fourth-order valence-electron chi connectivity index (χ4n) is 1.82. The number of carbonyl (C=O) groups is 1. The largest absolute Gasteiger partial charge is 0.507 e. The monoisotopic (exact) mass is 210 g/mol. The van der Waals surface area contributed by atoms with Crippen molar-refractivity contribution in [3.05, 3.63) is 29.1 Å². The quantitative estimate of drug-likeness (QED) is 0.784. The second-order valence-electron chi connectivity index (χ2n) is 4.01. The molecular weight excluding hydrogens is 199 g/mol. The number of phenolic OH excluding ortho intramolecular Hbond substituents is 1. The SMILES string of the molecule is Cc1cc(F)cc(C2(C(=O)O)CC2)c1O. The summed E-state index contributed by atoms with van der Waals surface area (Å²) in [7, 11) is 0. The van der Waals surface area contributed by atoms with Gasteiger partial charge in [0.1, 0.15) is 11.6 Å². The van der Waals surface area contributed by atoms with E-state index in [2.05, 4.69) is 0 Å². The predicted molar refractivity (Wildman–Crippen MR) is 51.3 cm³/mol. The number of carboxylic acids is 1. The number of hydrogen-bond donors (Lipinski definition) is 2. The minimum absolute atomic E-state index is 0.101. The average Bonchev–Trinajstić information content (AvgIpc) is 2.91. The first-order valence-corrected chi connectivity index (χ1v) is 4.70. The van der Waals surface area contributed by atoms with Gasteiger partial charge in [-0.25, -0.2) is 4.39 Å². The topological polar surface area (TPSA) is 57.5 Å². The lowest BCUT2D eigenvalue weighted by molar-refractivity contribution is -0.140. The molecule has 0 spiro atoms. The molecule has 3 nitrogen and oxygen atoms in total. The van der Waals surface area contributed by atoms with Crippen LogP contribution in [0.4, 0.5) is 4.39 Å².